The molecule has 4 atom stereocenters. The zero-order valence-electron chi connectivity index (χ0n) is 8.50. The maximum Gasteiger partial charge on any atom is 0.133 e. The third-order valence-electron chi connectivity index (χ3n) is 4.13. The smallest absolute Gasteiger partial charge is 0.133 e. The number of aliphatic hydroxyl groups is 1. The molecule has 0 heterocycles. The standard InChI is InChI=1S/C11H17BrO2/c1-11-5-4-8(13)6-7(11)2-3-9(14)10(11)12/h7,9-10,14H,2-6H2,1H3/t7-,9+,10+,11+/m1/s1. The topological polar surface area (TPSA) is 37.3 Å². The van der Waals surface area contributed by atoms with E-state index < -0.39 is 0 Å². The number of carbonyl (C=O) groups excluding carboxylic acids is 1. The van der Waals surface area contributed by atoms with Gasteiger partial charge in [-0.05, 0) is 30.6 Å². The van der Waals surface area contributed by atoms with E-state index in [0.717, 1.165) is 25.7 Å². The van der Waals surface area contributed by atoms with Crippen molar-refractivity contribution < 1.29 is 9.90 Å². The molecule has 0 aromatic heterocycles. The summed E-state index contributed by atoms with van der Waals surface area (Å²) in [6.45, 7) is 2.21. The molecule has 2 nitrogen and oxygen atoms in total. The van der Waals surface area contributed by atoms with Crippen LogP contribution in [0.1, 0.15) is 39.0 Å². The average Bonchev–Trinajstić information content (AvgIpc) is 2.16. The third kappa shape index (κ3) is 1.54. The van der Waals surface area contributed by atoms with E-state index in [1.807, 2.05) is 0 Å². The van der Waals surface area contributed by atoms with Gasteiger partial charge in [0.15, 0.2) is 0 Å². The fraction of sp³-hybridized carbons (Fsp3) is 0.909. The van der Waals surface area contributed by atoms with Gasteiger partial charge in [-0.25, -0.2) is 0 Å². The van der Waals surface area contributed by atoms with Crippen molar-refractivity contribution in [2.45, 2.75) is 50.0 Å². The Morgan fingerprint density at radius 1 is 1.50 bits per heavy atom. The summed E-state index contributed by atoms with van der Waals surface area (Å²) >= 11 is 3.61. The van der Waals surface area contributed by atoms with E-state index in [4.69, 9.17) is 0 Å². The zero-order chi connectivity index (χ0) is 10.3. The Bertz CT molecular complexity index is 254. The fourth-order valence-electron chi connectivity index (χ4n) is 2.98. The first kappa shape index (κ1) is 10.6. The van der Waals surface area contributed by atoms with Crippen molar-refractivity contribution in [1.82, 2.24) is 0 Å². The van der Waals surface area contributed by atoms with Crippen LogP contribution < -0.4 is 0 Å². The maximum absolute atomic E-state index is 11.4. The molecule has 0 aromatic carbocycles. The van der Waals surface area contributed by atoms with E-state index in [0.29, 0.717) is 18.1 Å². The van der Waals surface area contributed by atoms with Crippen molar-refractivity contribution in [1.29, 1.82) is 0 Å². The van der Waals surface area contributed by atoms with E-state index in [9.17, 15) is 9.90 Å². The Morgan fingerprint density at radius 2 is 2.21 bits per heavy atom. The van der Waals surface area contributed by atoms with Crippen LogP contribution in [0.15, 0.2) is 0 Å². The van der Waals surface area contributed by atoms with Gasteiger partial charge >= 0.3 is 0 Å². The lowest BCUT2D eigenvalue weighted by molar-refractivity contribution is -0.127. The van der Waals surface area contributed by atoms with Gasteiger partial charge in [-0.2, -0.15) is 0 Å². The Balaban J connectivity index is 2.20. The highest BCUT2D eigenvalue weighted by Crippen LogP contribution is 2.51. The van der Waals surface area contributed by atoms with Crippen LogP contribution in [0.2, 0.25) is 0 Å². The minimum absolute atomic E-state index is 0.131. The highest BCUT2D eigenvalue weighted by Gasteiger charge is 2.49. The van der Waals surface area contributed by atoms with Gasteiger partial charge in [0, 0.05) is 17.7 Å². The molecular weight excluding hydrogens is 244 g/mol. The molecule has 1 N–H and O–H groups in total. The average molecular weight is 261 g/mol. The Hall–Kier alpha value is 0.110. The van der Waals surface area contributed by atoms with Gasteiger partial charge in [-0.15, -0.1) is 0 Å². The molecule has 14 heavy (non-hydrogen) atoms. The second-order valence-corrected chi connectivity index (χ2v) is 5.98. The molecule has 0 aliphatic heterocycles. The van der Waals surface area contributed by atoms with Crippen LogP contribution in [0.4, 0.5) is 0 Å². The van der Waals surface area contributed by atoms with Crippen molar-refractivity contribution >= 4 is 21.7 Å². The lowest BCUT2D eigenvalue weighted by Gasteiger charge is -2.49. The van der Waals surface area contributed by atoms with Crippen molar-refractivity contribution in [2.24, 2.45) is 11.3 Å². The third-order valence-corrected chi connectivity index (χ3v) is 5.78. The van der Waals surface area contributed by atoms with Gasteiger partial charge in [-0.1, -0.05) is 22.9 Å². The number of hydrogen-bond donors (Lipinski definition) is 1. The van der Waals surface area contributed by atoms with Gasteiger partial charge < -0.3 is 5.11 Å². The van der Waals surface area contributed by atoms with E-state index in [1.54, 1.807) is 0 Å². The molecule has 2 aliphatic carbocycles. The van der Waals surface area contributed by atoms with Gasteiger partial charge in [0.25, 0.3) is 0 Å². The highest BCUT2D eigenvalue weighted by atomic mass is 79.9. The molecule has 0 radical (unpaired) electrons. The summed E-state index contributed by atoms with van der Waals surface area (Å²) in [6, 6.07) is 0. The van der Waals surface area contributed by atoms with Crippen LogP contribution in [-0.2, 0) is 4.79 Å². The number of aliphatic hydroxyl groups excluding tert-OH is 1. The predicted octanol–water partition coefficient (Wildman–Crippen LogP) is 2.28. The monoisotopic (exact) mass is 260 g/mol. The summed E-state index contributed by atoms with van der Waals surface area (Å²) in [5, 5.41) is 9.82. The SMILES string of the molecule is C[C@]12CCC(=O)C[C@H]1CC[C@H](O)[C@@H]2Br. The van der Waals surface area contributed by atoms with E-state index in [2.05, 4.69) is 22.9 Å². The number of rotatable bonds is 0. The van der Waals surface area contributed by atoms with E-state index >= 15 is 0 Å². The van der Waals surface area contributed by atoms with E-state index in [-0.39, 0.29) is 16.3 Å². The molecule has 0 aromatic rings. The lowest BCUT2D eigenvalue weighted by Crippen LogP contribution is -2.49. The zero-order valence-corrected chi connectivity index (χ0v) is 10.1. The molecule has 2 fully saturated rings. The molecule has 2 rings (SSSR count). The molecule has 0 amide bonds. The molecule has 2 aliphatic rings. The van der Waals surface area contributed by atoms with Gasteiger partial charge in [-0.3, -0.25) is 4.79 Å². The largest absolute Gasteiger partial charge is 0.392 e. The lowest BCUT2D eigenvalue weighted by atomic mass is 9.59. The first-order valence-electron chi connectivity index (χ1n) is 5.38. The first-order valence-corrected chi connectivity index (χ1v) is 6.29. The maximum atomic E-state index is 11.4. The molecule has 0 spiro atoms. The van der Waals surface area contributed by atoms with Crippen LogP contribution in [0.5, 0.6) is 0 Å². The number of alkyl halides is 1. The Morgan fingerprint density at radius 3 is 2.93 bits per heavy atom. The number of carbonyl (C=O) groups is 1. The van der Waals surface area contributed by atoms with Gasteiger partial charge in [0.1, 0.15) is 5.78 Å². The summed E-state index contributed by atoms with van der Waals surface area (Å²) < 4.78 is 0. The number of Topliss-reactive ketones (excluding diaryl/α,β-unsaturated/α-hetero) is 1. The molecule has 2 saturated carbocycles. The summed E-state index contributed by atoms with van der Waals surface area (Å²) in [6.07, 6.45) is 3.97. The van der Waals surface area contributed by atoms with Crippen molar-refractivity contribution in [3.63, 3.8) is 0 Å². The second kappa shape index (κ2) is 3.60. The molecule has 0 unspecified atom stereocenters. The van der Waals surface area contributed by atoms with Crippen molar-refractivity contribution in [2.75, 3.05) is 0 Å². The molecule has 80 valence electrons. The minimum Gasteiger partial charge on any atom is -0.392 e. The van der Waals surface area contributed by atoms with Crippen LogP contribution in [0.3, 0.4) is 0 Å². The van der Waals surface area contributed by atoms with Crippen LogP contribution in [0.25, 0.3) is 0 Å². The first-order chi connectivity index (χ1) is 6.54. The summed E-state index contributed by atoms with van der Waals surface area (Å²) in [7, 11) is 0. The Labute approximate surface area is 93.2 Å². The molecular formula is C11H17BrO2. The van der Waals surface area contributed by atoms with Gasteiger partial charge in [0.2, 0.25) is 0 Å². The van der Waals surface area contributed by atoms with Gasteiger partial charge in [0.05, 0.1) is 6.10 Å². The summed E-state index contributed by atoms with van der Waals surface area (Å²) in [5.41, 5.74) is 0.131. The fourth-order valence-corrected chi connectivity index (χ4v) is 3.84. The minimum atomic E-state index is -0.232. The quantitative estimate of drug-likeness (QED) is 0.679. The normalized spacial score (nSPS) is 48.8. The molecule has 0 saturated heterocycles. The highest BCUT2D eigenvalue weighted by molar-refractivity contribution is 9.09. The van der Waals surface area contributed by atoms with Crippen LogP contribution in [-0.4, -0.2) is 21.8 Å². The number of ketones is 1. The second-order valence-electron chi connectivity index (χ2n) is 4.99. The Kier molecular flexibility index (Phi) is 2.73. The summed E-state index contributed by atoms with van der Waals surface area (Å²) in [4.78, 5) is 11.5. The van der Waals surface area contributed by atoms with E-state index in [1.165, 1.54) is 0 Å². The summed E-state index contributed by atoms with van der Waals surface area (Å²) in [5.74, 6) is 0.889. The molecule has 0 bridgehead atoms. The molecule has 3 heteroatoms. The number of halogens is 1. The van der Waals surface area contributed by atoms with Crippen molar-refractivity contribution in [3.05, 3.63) is 0 Å². The number of hydrogen-bond acceptors (Lipinski definition) is 2. The van der Waals surface area contributed by atoms with Crippen LogP contribution in [0, 0.1) is 11.3 Å². The van der Waals surface area contributed by atoms with Crippen LogP contribution >= 0.6 is 15.9 Å². The number of fused-ring (bicyclic) bond motifs is 1. The van der Waals surface area contributed by atoms with Crippen molar-refractivity contribution in [3.8, 4) is 0 Å². The predicted molar refractivity (Wildman–Crippen MR) is 58.4 cm³/mol.